The molecule has 0 fully saturated rings. The molecule has 0 aliphatic heterocycles. The molecule has 2 aromatic rings. The molecule has 0 aliphatic rings. The number of nitrogens with zero attached hydrogens (tertiary/aromatic N) is 1. The Labute approximate surface area is 141 Å². The Balaban J connectivity index is 2.37. The van der Waals surface area contributed by atoms with Gasteiger partial charge in [0, 0.05) is 17.0 Å². The zero-order valence-corrected chi connectivity index (χ0v) is 14.2. The van der Waals surface area contributed by atoms with Crippen LogP contribution in [0.25, 0.3) is 0 Å². The summed E-state index contributed by atoms with van der Waals surface area (Å²) in [5.41, 5.74) is 5.77. The number of nitrogens with two attached hydrogens (primary N) is 1. The molecule has 1 aromatic carbocycles. The van der Waals surface area contributed by atoms with Crippen LogP contribution in [-0.4, -0.2) is 11.1 Å². The van der Waals surface area contributed by atoms with Gasteiger partial charge in [-0.15, -0.1) is 0 Å². The van der Waals surface area contributed by atoms with Gasteiger partial charge in [-0.25, -0.2) is 18.6 Å². The van der Waals surface area contributed by atoms with Crippen LogP contribution >= 0.6 is 31.9 Å². The fraction of sp³-hybridized carbons (Fsp3) is 0.143. The third-order valence-corrected chi connectivity index (χ3v) is 3.86. The topological polar surface area (TPSA) is 65.2 Å². The summed E-state index contributed by atoms with van der Waals surface area (Å²) in [7, 11) is 0. The molecule has 1 atom stereocenters. The third-order valence-electron chi connectivity index (χ3n) is 2.75. The highest BCUT2D eigenvalue weighted by atomic mass is 79.9. The van der Waals surface area contributed by atoms with E-state index >= 15 is 0 Å². The predicted molar refractivity (Wildman–Crippen MR) is 83.1 cm³/mol. The Morgan fingerprint density at radius 2 is 1.86 bits per heavy atom. The second-order valence-corrected chi connectivity index (χ2v) is 6.08. The molecule has 1 aromatic heterocycles. The van der Waals surface area contributed by atoms with E-state index in [0.717, 1.165) is 18.2 Å². The Kier molecular flexibility index (Phi) is 5.47. The van der Waals surface area contributed by atoms with Crippen molar-refractivity contribution in [1.29, 1.82) is 0 Å². The number of aromatic nitrogens is 1. The quantitative estimate of drug-likeness (QED) is 0.729. The molecule has 1 unspecified atom stereocenters. The Morgan fingerprint density at radius 1 is 1.23 bits per heavy atom. The first-order valence-corrected chi connectivity index (χ1v) is 7.66. The molecule has 8 heteroatoms. The van der Waals surface area contributed by atoms with Crippen molar-refractivity contribution in [1.82, 2.24) is 4.98 Å². The smallest absolute Gasteiger partial charge is 0.405 e. The van der Waals surface area contributed by atoms with Crippen molar-refractivity contribution >= 4 is 38.0 Å². The van der Waals surface area contributed by atoms with Crippen molar-refractivity contribution < 1.29 is 18.3 Å². The normalized spacial score (nSPS) is 12.0. The predicted octanol–water partition coefficient (Wildman–Crippen LogP) is 4.26. The highest BCUT2D eigenvalue weighted by Gasteiger charge is 2.21. The van der Waals surface area contributed by atoms with Gasteiger partial charge in [0.2, 0.25) is 0 Å². The van der Waals surface area contributed by atoms with Crippen LogP contribution in [0.3, 0.4) is 0 Å². The van der Waals surface area contributed by atoms with Crippen molar-refractivity contribution in [3.63, 3.8) is 0 Å². The molecule has 116 valence electrons. The zero-order valence-electron chi connectivity index (χ0n) is 11.0. The Bertz CT molecular complexity index is 693. The molecular weight excluding hydrogens is 426 g/mol. The summed E-state index contributed by atoms with van der Waals surface area (Å²) in [4.78, 5) is 15.3. The minimum Gasteiger partial charge on any atom is -0.439 e. The van der Waals surface area contributed by atoms with Crippen LogP contribution in [-0.2, 0) is 11.2 Å². The average Bonchev–Trinajstić information content (AvgIpc) is 2.39. The van der Waals surface area contributed by atoms with Crippen molar-refractivity contribution in [3.8, 4) is 0 Å². The summed E-state index contributed by atoms with van der Waals surface area (Å²) in [5.74, 6) is -1.43. The van der Waals surface area contributed by atoms with E-state index in [0.29, 0.717) is 20.3 Å². The first-order valence-electron chi connectivity index (χ1n) is 6.08. The van der Waals surface area contributed by atoms with Crippen molar-refractivity contribution in [3.05, 3.63) is 62.3 Å². The van der Waals surface area contributed by atoms with Crippen molar-refractivity contribution in [2.75, 3.05) is 0 Å². The van der Waals surface area contributed by atoms with E-state index < -0.39 is 23.8 Å². The SMILES string of the molecule is NC(=O)OC(Cc1cc(F)cc(F)c1)c1nc(Br)ccc1Br. The van der Waals surface area contributed by atoms with E-state index in [1.807, 2.05) is 0 Å². The fourth-order valence-electron chi connectivity index (χ4n) is 1.94. The fourth-order valence-corrected chi connectivity index (χ4v) is 2.74. The van der Waals surface area contributed by atoms with Crippen LogP contribution < -0.4 is 5.73 Å². The number of halogens is 4. The molecule has 0 saturated carbocycles. The Morgan fingerprint density at radius 3 is 2.45 bits per heavy atom. The molecular formula is C14H10Br2F2N2O2. The standard InChI is InChI=1S/C14H10Br2F2N2O2/c15-10-1-2-12(16)20-13(10)11(22-14(19)21)5-7-3-8(17)6-9(18)4-7/h1-4,6,11H,5H2,(H2,19,21). The summed E-state index contributed by atoms with van der Waals surface area (Å²) >= 11 is 6.52. The number of pyridine rings is 1. The highest BCUT2D eigenvalue weighted by Crippen LogP contribution is 2.29. The second kappa shape index (κ2) is 7.15. The lowest BCUT2D eigenvalue weighted by Crippen LogP contribution is -2.20. The zero-order chi connectivity index (χ0) is 16.3. The molecule has 0 spiro atoms. The van der Waals surface area contributed by atoms with Gasteiger partial charge in [-0.3, -0.25) is 0 Å². The first-order chi connectivity index (χ1) is 10.3. The molecule has 0 aliphatic carbocycles. The van der Waals surface area contributed by atoms with Gasteiger partial charge in [-0.05, 0) is 61.7 Å². The number of primary amides is 1. The summed E-state index contributed by atoms with van der Waals surface area (Å²) in [6, 6.07) is 6.48. The van der Waals surface area contributed by atoms with Crippen LogP contribution in [0, 0.1) is 11.6 Å². The largest absolute Gasteiger partial charge is 0.439 e. The second-order valence-electron chi connectivity index (χ2n) is 4.41. The molecule has 2 rings (SSSR count). The summed E-state index contributed by atoms with van der Waals surface area (Å²) in [6.45, 7) is 0. The summed E-state index contributed by atoms with van der Waals surface area (Å²) in [5, 5.41) is 0. The van der Waals surface area contributed by atoms with Gasteiger partial charge in [-0.2, -0.15) is 0 Å². The van der Waals surface area contributed by atoms with E-state index in [-0.39, 0.29) is 6.42 Å². The third kappa shape index (κ3) is 4.48. The number of amides is 1. The van der Waals surface area contributed by atoms with E-state index in [1.165, 1.54) is 0 Å². The van der Waals surface area contributed by atoms with Crippen LogP contribution in [0.1, 0.15) is 17.4 Å². The van der Waals surface area contributed by atoms with Crippen LogP contribution in [0.2, 0.25) is 0 Å². The van der Waals surface area contributed by atoms with Gasteiger partial charge >= 0.3 is 6.09 Å². The van der Waals surface area contributed by atoms with Crippen LogP contribution in [0.4, 0.5) is 13.6 Å². The number of hydrogen-bond acceptors (Lipinski definition) is 3. The molecule has 4 nitrogen and oxygen atoms in total. The monoisotopic (exact) mass is 434 g/mol. The number of carbonyl (C=O) groups excluding carboxylic acids is 1. The lowest BCUT2D eigenvalue weighted by Gasteiger charge is -2.18. The van der Waals surface area contributed by atoms with Gasteiger partial charge in [-0.1, -0.05) is 0 Å². The number of rotatable bonds is 4. The minimum atomic E-state index is -1.00. The van der Waals surface area contributed by atoms with Gasteiger partial charge in [0.05, 0.1) is 5.69 Å². The molecule has 0 bridgehead atoms. The number of hydrogen-bond donors (Lipinski definition) is 1. The summed E-state index contributed by atoms with van der Waals surface area (Å²) < 4.78 is 32.7. The lowest BCUT2D eigenvalue weighted by molar-refractivity contribution is 0.104. The number of carbonyl (C=O) groups is 1. The first kappa shape index (κ1) is 16.8. The molecule has 22 heavy (non-hydrogen) atoms. The average molecular weight is 436 g/mol. The van der Waals surface area contributed by atoms with E-state index in [1.54, 1.807) is 12.1 Å². The molecule has 1 amide bonds. The van der Waals surface area contributed by atoms with Gasteiger partial charge in [0.1, 0.15) is 16.2 Å². The number of benzene rings is 1. The Hall–Kier alpha value is -1.54. The van der Waals surface area contributed by atoms with Gasteiger partial charge in [0.15, 0.2) is 6.10 Å². The maximum Gasteiger partial charge on any atom is 0.405 e. The van der Waals surface area contributed by atoms with Crippen molar-refractivity contribution in [2.45, 2.75) is 12.5 Å². The van der Waals surface area contributed by atoms with Gasteiger partial charge < -0.3 is 10.5 Å². The molecule has 1 heterocycles. The number of ether oxygens (including phenoxy) is 1. The minimum absolute atomic E-state index is 0.0275. The van der Waals surface area contributed by atoms with Crippen molar-refractivity contribution in [2.24, 2.45) is 5.73 Å². The maximum absolute atomic E-state index is 13.3. The molecule has 2 N–H and O–H groups in total. The van der Waals surface area contributed by atoms with Crippen LogP contribution in [0.5, 0.6) is 0 Å². The highest BCUT2D eigenvalue weighted by molar-refractivity contribution is 9.11. The molecule has 0 radical (unpaired) electrons. The van der Waals surface area contributed by atoms with Crippen LogP contribution in [0.15, 0.2) is 39.4 Å². The maximum atomic E-state index is 13.3. The van der Waals surface area contributed by atoms with Gasteiger partial charge in [0.25, 0.3) is 0 Å². The lowest BCUT2D eigenvalue weighted by atomic mass is 10.0. The summed E-state index contributed by atoms with van der Waals surface area (Å²) in [6.07, 6.45) is -1.86. The van der Waals surface area contributed by atoms with E-state index in [2.05, 4.69) is 36.8 Å². The molecule has 0 saturated heterocycles. The van der Waals surface area contributed by atoms with E-state index in [4.69, 9.17) is 10.5 Å². The van der Waals surface area contributed by atoms with E-state index in [9.17, 15) is 13.6 Å².